The molecule has 2 rings (SSSR count). The second-order valence-electron chi connectivity index (χ2n) is 4.47. The second kappa shape index (κ2) is 6.49. The molecule has 0 fully saturated rings. The van der Waals surface area contributed by atoms with Crippen LogP contribution in [0.2, 0.25) is 0 Å². The smallest absolute Gasteiger partial charge is 0.282 e. The molecular formula is C15H14N4O3. The minimum Gasteiger partial charge on any atom is -0.316 e. The molecule has 0 aliphatic rings. The molecule has 0 saturated carbocycles. The van der Waals surface area contributed by atoms with Crippen LogP contribution >= 0.6 is 0 Å². The van der Waals surface area contributed by atoms with Gasteiger partial charge < -0.3 is 4.90 Å². The van der Waals surface area contributed by atoms with Gasteiger partial charge >= 0.3 is 0 Å². The minimum atomic E-state index is -0.694. The van der Waals surface area contributed by atoms with Crippen LogP contribution in [0.5, 0.6) is 0 Å². The molecule has 0 aliphatic carbocycles. The highest BCUT2D eigenvalue weighted by Crippen LogP contribution is 2.17. The van der Waals surface area contributed by atoms with Gasteiger partial charge in [-0.2, -0.15) is 0 Å². The highest BCUT2D eigenvalue weighted by Gasteiger charge is 2.21. The van der Waals surface area contributed by atoms with Gasteiger partial charge in [0.2, 0.25) is 5.96 Å². The van der Waals surface area contributed by atoms with Crippen LogP contribution in [-0.2, 0) is 0 Å². The lowest BCUT2D eigenvalue weighted by Gasteiger charge is -2.20. The van der Waals surface area contributed by atoms with Crippen molar-refractivity contribution in [3.63, 3.8) is 0 Å². The number of hydrogen-bond acceptors (Lipinski definition) is 4. The fraction of sp³-hybridized carbons (Fsp3) is 0.0667. The predicted molar refractivity (Wildman–Crippen MR) is 83.1 cm³/mol. The van der Waals surface area contributed by atoms with Crippen molar-refractivity contribution in [2.45, 2.75) is 0 Å². The Morgan fingerprint density at radius 2 is 1.73 bits per heavy atom. The highest BCUT2D eigenvalue weighted by molar-refractivity contribution is 6.11. The molecule has 2 aromatic carbocycles. The summed E-state index contributed by atoms with van der Waals surface area (Å²) in [5.41, 5.74) is 0.337. The Kier molecular flexibility index (Phi) is 4.47. The maximum Gasteiger partial charge on any atom is 0.282 e. The third kappa shape index (κ3) is 3.26. The van der Waals surface area contributed by atoms with Gasteiger partial charge in [-0.15, -0.1) is 0 Å². The molecule has 0 heterocycles. The van der Waals surface area contributed by atoms with Gasteiger partial charge in [0.1, 0.15) is 5.56 Å². The summed E-state index contributed by atoms with van der Waals surface area (Å²) in [7, 11) is 1.62. The summed E-state index contributed by atoms with van der Waals surface area (Å²) in [6.45, 7) is 0. The molecule has 7 nitrogen and oxygen atoms in total. The number of benzene rings is 2. The van der Waals surface area contributed by atoms with Gasteiger partial charge in [0.05, 0.1) is 4.92 Å². The van der Waals surface area contributed by atoms with E-state index in [0.717, 1.165) is 5.69 Å². The molecule has 0 spiro atoms. The maximum absolute atomic E-state index is 12.1. The molecule has 0 atom stereocenters. The van der Waals surface area contributed by atoms with Crippen molar-refractivity contribution in [1.82, 2.24) is 5.32 Å². The van der Waals surface area contributed by atoms with Crippen LogP contribution in [-0.4, -0.2) is 23.8 Å². The number of carbonyl (C=O) groups is 1. The van der Waals surface area contributed by atoms with Crippen LogP contribution in [0.4, 0.5) is 11.4 Å². The molecule has 0 saturated heterocycles. The van der Waals surface area contributed by atoms with Crippen molar-refractivity contribution >= 4 is 23.2 Å². The summed E-state index contributed by atoms with van der Waals surface area (Å²) >= 11 is 0. The molecule has 0 bridgehead atoms. The number of para-hydroxylation sites is 2. The van der Waals surface area contributed by atoms with Gasteiger partial charge in [-0.1, -0.05) is 30.3 Å². The van der Waals surface area contributed by atoms with Gasteiger partial charge in [-0.05, 0) is 18.2 Å². The number of nitro benzene ring substituents is 1. The van der Waals surface area contributed by atoms with Gasteiger partial charge in [0, 0.05) is 18.8 Å². The number of nitrogens with zero attached hydrogens (tertiary/aromatic N) is 2. The van der Waals surface area contributed by atoms with Gasteiger partial charge in [0.25, 0.3) is 11.6 Å². The number of rotatable bonds is 3. The van der Waals surface area contributed by atoms with Crippen molar-refractivity contribution in [3.05, 3.63) is 70.3 Å². The molecule has 22 heavy (non-hydrogen) atoms. The summed E-state index contributed by atoms with van der Waals surface area (Å²) in [6.07, 6.45) is 0. The van der Waals surface area contributed by atoms with E-state index in [9.17, 15) is 14.9 Å². The lowest BCUT2D eigenvalue weighted by atomic mass is 10.1. The zero-order valence-electron chi connectivity index (χ0n) is 11.8. The quantitative estimate of drug-likeness (QED) is 0.393. The number of carbonyl (C=O) groups excluding carboxylic acids is 1. The fourth-order valence-electron chi connectivity index (χ4n) is 1.86. The van der Waals surface area contributed by atoms with Crippen molar-refractivity contribution in [1.29, 1.82) is 5.41 Å². The summed E-state index contributed by atoms with van der Waals surface area (Å²) in [5.74, 6) is -0.866. The molecule has 112 valence electrons. The zero-order chi connectivity index (χ0) is 16.1. The monoisotopic (exact) mass is 298 g/mol. The lowest BCUT2D eigenvalue weighted by molar-refractivity contribution is -0.385. The van der Waals surface area contributed by atoms with E-state index in [0.29, 0.717) is 0 Å². The number of nitro groups is 1. The molecule has 0 aliphatic heterocycles. The van der Waals surface area contributed by atoms with E-state index in [1.54, 1.807) is 19.2 Å². The third-order valence-corrected chi connectivity index (χ3v) is 3.06. The van der Waals surface area contributed by atoms with Crippen LogP contribution in [0.1, 0.15) is 10.4 Å². The Hall–Kier alpha value is -3.22. The van der Waals surface area contributed by atoms with E-state index >= 15 is 0 Å². The first-order valence-corrected chi connectivity index (χ1v) is 6.43. The molecule has 1 amide bonds. The fourth-order valence-corrected chi connectivity index (χ4v) is 1.86. The first-order chi connectivity index (χ1) is 10.5. The maximum atomic E-state index is 12.1. The standard InChI is InChI=1S/C15H14N4O3/c1-18(11-7-3-2-4-8-11)15(16)17-14(20)12-9-5-6-10-13(12)19(21)22/h2-10H,1H3,(H2,16,17,20). The van der Waals surface area contributed by atoms with Gasteiger partial charge in [-0.3, -0.25) is 25.6 Å². The number of anilines is 1. The summed E-state index contributed by atoms with van der Waals surface area (Å²) in [5, 5.41) is 21.2. The summed E-state index contributed by atoms with van der Waals surface area (Å²) in [6, 6.07) is 14.6. The number of hydrogen-bond donors (Lipinski definition) is 2. The molecule has 0 aromatic heterocycles. The van der Waals surface area contributed by atoms with Gasteiger partial charge in [0.15, 0.2) is 0 Å². The second-order valence-corrected chi connectivity index (χ2v) is 4.47. The van der Waals surface area contributed by atoms with Crippen LogP contribution < -0.4 is 10.2 Å². The van der Waals surface area contributed by atoms with Crippen molar-refractivity contribution in [3.8, 4) is 0 Å². The number of amides is 1. The molecule has 0 radical (unpaired) electrons. The van der Waals surface area contributed by atoms with Crippen LogP contribution in [0.15, 0.2) is 54.6 Å². The lowest BCUT2D eigenvalue weighted by Crippen LogP contribution is -2.41. The average Bonchev–Trinajstić information content (AvgIpc) is 2.54. The van der Waals surface area contributed by atoms with Crippen LogP contribution in [0.25, 0.3) is 0 Å². The van der Waals surface area contributed by atoms with E-state index in [1.807, 2.05) is 18.2 Å². The predicted octanol–water partition coefficient (Wildman–Crippen LogP) is 2.40. The minimum absolute atomic E-state index is 0.0845. The van der Waals surface area contributed by atoms with Gasteiger partial charge in [-0.25, -0.2) is 0 Å². The van der Waals surface area contributed by atoms with E-state index < -0.39 is 10.8 Å². The van der Waals surface area contributed by atoms with E-state index in [2.05, 4.69) is 5.32 Å². The number of guanidine groups is 1. The SMILES string of the molecule is CN(C(=N)NC(=O)c1ccccc1[N+](=O)[O-])c1ccccc1. The van der Waals surface area contributed by atoms with Crippen molar-refractivity contribution in [2.24, 2.45) is 0 Å². The van der Waals surface area contributed by atoms with Crippen LogP contribution in [0.3, 0.4) is 0 Å². The van der Waals surface area contributed by atoms with E-state index in [4.69, 9.17) is 5.41 Å². The topological polar surface area (TPSA) is 99.3 Å². The molecule has 2 aromatic rings. The first kappa shape index (κ1) is 15.2. The summed E-state index contributed by atoms with van der Waals surface area (Å²) in [4.78, 5) is 23.9. The summed E-state index contributed by atoms with van der Waals surface area (Å²) < 4.78 is 0. The highest BCUT2D eigenvalue weighted by atomic mass is 16.6. The molecule has 2 N–H and O–H groups in total. The number of nitrogens with one attached hydrogen (secondary N) is 2. The largest absolute Gasteiger partial charge is 0.316 e. The molecule has 7 heteroatoms. The van der Waals surface area contributed by atoms with Crippen molar-refractivity contribution < 1.29 is 9.72 Å². The van der Waals surface area contributed by atoms with E-state index in [1.165, 1.54) is 29.2 Å². The Labute approximate surface area is 126 Å². The van der Waals surface area contributed by atoms with E-state index in [-0.39, 0.29) is 17.2 Å². The normalized spacial score (nSPS) is 9.86. The Bertz CT molecular complexity index is 716. The Balaban J connectivity index is 2.16. The Morgan fingerprint density at radius 3 is 2.36 bits per heavy atom. The third-order valence-electron chi connectivity index (χ3n) is 3.06. The first-order valence-electron chi connectivity index (χ1n) is 6.43. The van der Waals surface area contributed by atoms with Crippen molar-refractivity contribution in [2.75, 3.05) is 11.9 Å². The van der Waals surface area contributed by atoms with Crippen LogP contribution in [0, 0.1) is 15.5 Å². The average molecular weight is 298 g/mol. The molecular weight excluding hydrogens is 284 g/mol. The molecule has 0 unspecified atom stereocenters. The zero-order valence-corrected chi connectivity index (χ0v) is 11.8. The Morgan fingerprint density at radius 1 is 1.14 bits per heavy atom.